The monoisotopic (exact) mass is 307 g/mol. The summed E-state index contributed by atoms with van der Waals surface area (Å²) in [6.07, 6.45) is 1.96. The summed E-state index contributed by atoms with van der Waals surface area (Å²) in [5.74, 6) is 0.854. The molecule has 0 bridgehead atoms. The number of fused-ring (bicyclic) bond motifs is 1. The van der Waals surface area contributed by atoms with Gasteiger partial charge < -0.3 is 0 Å². The Morgan fingerprint density at radius 2 is 1.73 bits per heavy atom. The molecule has 2 aromatic carbocycles. The van der Waals surface area contributed by atoms with Crippen LogP contribution >= 0.6 is 11.8 Å². The highest BCUT2D eigenvalue weighted by Gasteiger charge is 2.24. The molecule has 22 heavy (non-hydrogen) atoms. The maximum absolute atomic E-state index is 4.71. The van der Waals surface area contributed by atoms with Gasteiger partial charge in [-0.3, -0.25) is 0 Å². The number of benzene rings is 2. The van der Waals surface area contributed by atoms with Gasteiger partial charge in [0.1, 0.15) is 6.54 Å². The van der Waals surface area contributed by atoms with E-state index in [1.54, 1.807) is 11.8 Å². The molecule has 5 heteroatoms. The van der Waals surface area contributed by atoms with Crippen LogP contribution in [0.5, 0.6) is 0 Å². The van der Waals surface area contributed by atoms with Crippen LogP contribution in [0.2, 0.25) is 0 Å². The lowest BCUT2D eigenvalue weighted by atomic mass is 10.1. The first kappa shape index (κ1) is 13.3. The van der Waals surface area contributed by atoms with Crippen molar-refractivity contribution in [3.63, 3.8) is 0 Å². The van der Waals surface area contributed by atoms with Gasteiger partial charge in [-0.2, -0.15) is 0 Å². The Morgan fingerprint density at radius 1 is 1.00 bits per heavy atom. The highest BCUT2D eigenvalue weighted by Crippen LogP contribution is 2.18. The molecule has 0 saturated carbocycles. The second kappa shape index (κ2) is 5.77. The zero-order valence-electron chi connectivity index (χ0n) is 12.0. The minimum atomic E-state index is 0.761. The van der Waals surface area contributed by atoms with Crippen LogP contribution in [0.3, 0.4) is 0 Å². The molecule has 1 aliphatic rings. The average Bonchev–Trinajstić information content (AvgIpc) is 2.98. The van der Waals surface area contributed by atoms with E-state index >= 15 is 0 Å². The molecular weight excluding hydrogens is 292 g/mol. The molecular formula is C17H15N4S+. The fourth-order valence-corrected chi connectivity index (χ4v) is 3.30. The zero-order chi connectivity index (χ0) is 14.8. The maximum Gasteiger partial charge on any atom is 0.360 e. The summed E-state index contributed by atoms with van der Waals surface area (Å²) in [7, 11) is 0. The largest absolute Gasteiger partial charge is 0.360 e. The van der Waals surface area contributed by atoms with Crippen LogP contribution in [0, 0.1) is 0 Å². The van der Waals surface area contributed by atoms with Crippen LogP contribution < -0.4 is 4.68 Å². The first-order valence-corrected chi connectivity index (χ1v) is 8.16. The predicted octanol–water partition coefficient (Wildman–Crippen LogP) is 2.58. The van der Waals surface area contributed by atoms with Crippen LogP contribution in [0.4, 0.5) is 0 Å². The van der Waals surface area contributed by atoms with Crippen molar-refractivity contribution in [3.8, 4) is 0 Å². The highest BCUT2D eigenvalue weighted by molar-refractivity contribution is 7.99. The van der Waals surface area contributed by atoms with Gasteiger partial charge in [0.05, 0.1) is 16.6 Å². The van der Waals surface area contributed by atoms with Crippen molar-refractivity contribution in [3.05, 3.63) is 78.1 Å². The van der Waals surface area contributed by atoms with E-state index in [1.165, 1.54) is 11.1 Å². The van der Waals surface area contributed by atoms with E-state index in [0.717, 1.165) is 23.2 Å². The minimum absolute atomic E-state index is 0.761. The average molecular weight is 307 g/mol. The minimum Gasteiger partial charge on any atom is -0.108 e. The molecule has 108 valence electrons. The lowest BCUT2D eigenvalue weighted by molar-refractivity contribution is -0.717. The standard InChI is InChI=1S/C17H15N4S/c1-3-7-14(8-4-1)11-20-13-21-17(19-20)22-12-16(18-21)15-9-5-2-6-10-15/h1-10,13H,11-12H2/q+1. The summed E-state index contributed by atoms with van der Waals surface area (Å²) in [5.41, 5.74) is 3.49. The number of nitrogens with zero attached hydrogens (tertiary/aromatic N) is 4. The SMILES string of the molecule is c1ccc(Cn2c[n+]3c(n2)SCC(c2ccccc2)=N3)cc1. The van der Waals surface area contributed by atoms with Crippen LogP contribution in [0.15, 0.2) is 77.2 Å². The molecule has 0 spiro atoms. The Kier molecular flexibility index (Phi) is 3.48. The third-order valence-electron chi connectivity index (χ3n) is 3.51. The first-order valence-electron chi connectivity index (χ1n) is 7.17. The fraction of sp³-hybridized carbons (Fsp3) is 0.118. The third-order valence-corrected chi connectivity index (χ3v) is 4.46. The summed E-state index contributed by atoms with van der Waals surface area (Å²) < 4.78 is 3.81. The summed E-state index contributed by atoms with van der Waals surface area (Å²) in [5, 5.41) is 10.3. The first-order chi connectivity index (χ1) is 10.9. The Hall–Kier alpha value is -2.40. The van der Waals surface area contributed by atoms with Gasteiger partial charge in [0, 0.05) is 0 Å². The summed E-state index contributed by atoms with van der Waals surface area (Å²) in [6.45, 7) is 0.761. The molecule has 3 aromatic rings. The third kappa shape index (κ3) is 2.67. The second-order valence-electron chi connectivity index (χ2n) is 5.13. The van der Waals surface area contributed by atoms with E-state index in [4.69, 9.17) is 5.10 Å². The van der Waals surface area contributed by atoms with Gasteiger partial charge in [0.25, 0.3) is 0 Å². The van der Waals surface area contributed by atoms with Crippen LogP contribution in [0.1, 0.15) is 11.1 Å². The van der Waals surface area contributed by atoms with E-state index in [9.17, 15) is 0 Å². The molecule has 4 rings (SSSR count). The molecule has 0 N–H and O–H groups in total. The van der Waals surface area contributed by atoms with Crippen LogP contribution in [0.25, 0.3) is 0 Å². The number of hydrogen-bond acceptors (Lipinski definition) is 3. The van der Waals surface area contributed by atoms with Crippen molar-refractivity contribution >= 4 is 17.5 Å². The summed E-state index contributed by atoms with van der Waals surface area (Å²) in [6, 6.07) is 20.6. The van der Waals surface area contributed by atoms with Gasteiger partial charge in [-0.1, -0.05) is 65.3 Å². The van der Waals surface area contributed by atoms with Crippen molar-refractivity contribution < 1.29 is 4.68 Å². The summed E-state index contributed by atoms with van der Waals surface area (Å²) >= 11 is 1.72. The molecule has 1 aliphatic heterocycles. The van der Waals surface area contributed by atoms with Gasteiger partial charge in [-0.05, 0) is 22.9 Å². The van der Waals surface area contributed by atoms with E-state index in [-0.39, 0.29) is 0 Å². The summed E-state index contributed by atoms with van der Waals surface area (Å²) in [4.78, 5) is 0. The van der Waals surface area contributed by atoms with E-state index < -0.39 is 0 Å². The Morgan fingerprint density at radius 3 is 2.50 bits per heavy atom. The Balaban J connectivity index is 1.62. The van der Waals surface area contributed by atoms with Crippen molar-refractivity contribution in [1.82, 2.24) is 9.78 Å². The molecule has 0 unspecified atom stereocenters. The van der Waals surface area contributed by atoms with E-state index in [0.29, 0.717) is 0 Å². The number of aromatic nitrogens is 3. The second-order valence-corrected chi connectivity index (χ2v) is 6.07. The van der Waals surface area contributed by atoms with Crippen molar-refractivity contribution in [1.29, 1.82) is 0 Å². The molecule has 2 heterocycles. The molecule has 0 atom stereocenters. The smallest absolute Gasteiger partial charge is 0.108 e. The van der Waals surface area contributed by atoms with Crippen LogP contribution in [-0.4, -0.2) is 21.2 Å². The van der Waals surface area contributed by atoms with Crippen molar-refractivity contribution in [2.45, 2.75) is 11.7 Å². The maximum atomic E-state index is 4.71. The Labute approximate surface area is 133 Å². The lowest BCUT2D eigenvalue weighted by Crippen LogP contribution is -2.34. The topological polar surface area (TPSA) is 34.1 Å². The van der Waals surface area contributed by atoms with Gasteiger partial charge in [-0.15, -0.1) is 9.78 Å². The van der Waals surface area contributed by atoms with Crippen molar-refractivity contribution in [2.24, 2.45) is 5.10 Å². The highest BCUT2D eigenvalue weighted by atomic mass is 32.2. The van der Waals surface area contributed by atoms with E-state index in [2.05, 4.69) is 29.4 Å². The Bertz CT molecular complexity index is 809. The lowest BCUT2D eigenvalue weighted by Gasteiger charge is -2.07. The molecule has 0 radical (unpaired) electrons. The van der Waals surface area contributed by atoms with Gasteiger partial charge in [-0.25, -0.2) is 0 Å². The molecule has 0 amide bonds. The normalized spacial score (nSPS) is 13.5. The number of hydrogen-bond donors (Lipinski definition) is 0. The van der Waals surface area contributed by atoms with Gasteiger partial charge in [0.15, 0.2) is 0 Å². The molecule has 0 fully saturated rings. The fourth-order valence-electron chi connectivity index (χ4n) is 2.43. The molecule has 0 aliphatic carbocycles. The van der Waals surface area contributed by atoms with Gasteiger partial charge in [0.2, 0.25) is 6.33 Å². The predicted molar refractivity (Wildman–Crippen MR) is 87.1 cm³/mol. The molecule has 0 saturated heterocycles. The van der Waals surface area contributed by atoms with Crippen molar-refractivity contribution in [2.75, 3.05) is 5.75 Å². The quantitative estimate of drug-likeness (QED) is 0.697. The molecule has 4 nitrogen and oxygen atoms in total. The zero-order valence-corrected chi connectivity index (χ0v) is 12.8. The van der Waals surface area contributed by atoms with Crippen LogP contribution in [-0.2, 0) is 6.54 Å². The van der Waals surface area contributed by atoms with E-state index in [1.807, 2.05) is 52.1 Å². The molecule has 1 aromatic heterocycles. The number of thioether (sulfide) groups is 1. The number of rotatable bonds is 3. The van der Waals surface area contributed by atoms with Gasteiger partial charge >= 0.3 is 5.16 Å².